The van der Waals surface area contributed by atoms with E-state index < -0.39 is 0 Å². The summed E-state index contributed by atoms with van der Waals surface area (Å²) < 4.78 is 7.18. The van der Waals surface area contributed by atoms with Gasteiger partial charge in [-0.05, 0) is 46.3 Å². The molecule has 0 spiro atoms. The Morgan fingerprint density at radius 2 is 1.91 bits per heavy atom. The Labute approximate surface area is 208 Å². The van der Waals surface area contributed by atoms with Crippen LogP contribution in [0.4, 0.5) is 10.9 Å². The maximum atomic E-state index is 13.2. The fraction of sp³-hybridized carbons (Fsp3) is 0.273. The lowest BCUT2D eigenvalue weighted by molar-refractivity contribution is -0.130. The number of methoxy groups -OCH3 is 1. The molecule has 1 aliphatic rings. The third-order valence-electron chi connectivity index (χ3n) is 5.07. The van der Waals surface area contributed by atoms with Crippen LogP contribution in [0.25, 0.3) is 0 Å². The fourth-order valence-electron chi connectivity index (χ4n) is 3.38. The van der Waals surface area contributed by atoms with Gasteiger partial charge >= 0.3 is 0 Å². The summed E-state index contributed by atoms with van der Waals surface area (Å²) in [6.07, 6.45) is 1.79. The zero-order valence-corrected chi connectivity index (χ0v) is 21.3. The quantitative estimate of drug-likeness (QED) is 0.454. The van der Waals surface area contributed by atoms with E-state index in [1.165, 1.54) is 23.1 Å². The largest absolute Gasteiger partial charge is 0.496 e. The summed E-state index contributed by atoms with van der Waals surface area (Å²) in [6, 6.07) is 11.2. The third-order valence-corrected chi connectivity index (χ3v) is 7.51. The molecule has 1 fully saturated rings. The van der Waals surface area contributed by atoms with Crippen LogP contribution in [-0.2, 0) is 4.79 Å². The van der Waals surface area contributed by atoms with Gasteiger partial charge in [0, 0.05) is 38.0 Å². The summed E-state index contributed by atoms with van der Waals surface area (Å²) in [5.74, 6) is 1.18. The van der Waals surface area contributed by atoms with Gasteiger partial charge in [0.15, 0.2) is 5.13 Å². The number of piperazine rings is 1. The van der Waals surface area contributed by atoms with Crippen molar-refractivity contribution in [3.05, 3.63) is 52.8 Å². The van der Waals surface area contributed by atoms with Crippen molar-refractivity contribution in [3.8, 4) is 5.75 Å². The number of thiazole rings is 1. The zero-order valence-electron chi connectivity index (χ0n) is 18.1. The van der Waals surface area contributed by atoms with Crippen LogP contribution in [0.1, 0.15) is 17.3 Å². The summed E-state index contributed by atoms with van der Waals surface area (Å²) >= 11 is 6.40. The highest BCUT2D eigenvalue weighted by Gasteiger charge is 2.25. The number of benzene rings is 1. The van der Waals surface area contributed by atoms with Crippen molar-refractivity contribution in [3.63, 3.8) is 0 Å². The normalized spacial score (nSPS) is 13.7. The number of amides is 2. The molecule has 8 nitrogen and oxygen atoms in total. The average molecular weight is 548 g/mol. The first kappa shape index (κ1) is 23.5. The molecule has 0 bridgehead atoms. The van der Waals surface area contributed by atoms with Crippen molar-refractivity contribution >= 4 is 61.8 Å². The lowest BCUT2D eigenvalue weighted by Crippen LogP contribution is -2.50. The summed E-state index contributed by atoms with van der Waals surface area (Å²) in [4.78, 5) is 38.0. The Kier molecular flexibility index (Phi) is 7.51. The molecule has 0 radical (unpaired) electrons. The SMILES string of the molecule is COc1ccc(Sc2cnc(Nc3cccc(Br)n3)s2)cc1C(=O)N1CCN(C(C)=O)CC1. The average Bonchev–Trinajstić information content (AvgIpc) is 3.25. The second-order valence-electron chi connectivity index (χ2n) is 7.22. The van der Waals surface area contributed by atoms with Crippen LogP contribution < -0.4 is 10.1 Å². The number of aromatic nitrogens is 2. The lowest BCUT2D eigenvalue weighted by Gasteiger charge is -2.34. The third kappa shape index (κ3) is 5.84. The zero-order chi connectivity index (χ0) is 23.4. The van der Waals surface area contributed by atoms with Gasteiger partial charge in [-0.3, -0.25) is 9.59 Å². The molecule has 172 valence electrons. The molecule has 11 heteroatoms. The first-order valence-electron chi connectivity index (χ1n) is 10.2. The minimum absolute atomic E-state index is 0.0344. The summed E-state index contributed by atoms with van der Waals surface area (Å²) in [5, 5.41) is 3.93. The van der Waals surface area contributed by atoms with Crippen LogP contribution in [0.15, 0.2) is 56.3 Å². The van der Waals surface area contributed by atoms with Crippen LogP contribution in [0.3, 0.4) is 0 Å². The summed E-state index contributed by atoms with van der Waals surface area (Å²) in [7, 11) is 1.56. The van der Waals surface area contributed by atoms with Crippen molar-refractivity contribution in [1.82, 2.24) is 19.8 Å². The molecule has 1 aromatic carbocycles. The molecule has 0 aliphatic carbocycles. The standard InChI is InChI=1S/C22H22BrN5O3S2/c1-14(29)27-8-10-28(11-9-27)21(30)16-12-15(6-7-17(16)31-2)32-20-13-24-22(33-20)26-19-5-3-4-18(23)25-19/h3-7,12-13H,8-11H2,1-2H3,(H,24,25,26). The second-order valence-corrected chi connectivity index (χ2v) is 10.4. The van der Waals surface area contributed by atoms with Crippen molar-refractivity contribution in [2.24, 2.45) is 0 Å². The Morgan fingerprint density at radius 3 is 2.61 bits per heavy atom. The van der Waals surface area contributed by atoms with E-state index in [0.717, 1.165) is 18.8 Å². The van der Waals surface area contributed by atoms with Crippen molar-refractivity contribution in [1.29, 1.82) is 0 Å². The maximum Gasteiger partial charge on any atom is 0.257 e. The van der Waals surface area contributed by atoms with E-state index in [1.54, 1.807) is 30.0 Å². The highest BCUT2D eigenvalue weighted by molar-refractivity contribution is 9.10. The Hall–Kier alpha value is -2.63. The van der Waals surface area contributed by atoms with Gasteiger partial charge in [-0.25, -0.2) is 9.97 Å². The first-order valence-corrected chi connectivity index (χ1v) is 12.6. The van der Waals surface area contributed by atoms with Gasteiger partial charge in [0.1, 0.15) is 16.2 Å². The Balaban J connectivity index is 1.46. The van der Waals surface area contributed by atoms with Crippen LogP contribution in [0.2, 0.25) is 0 Å². The molecule has 1 N–H and O–H groups in total. The molecule has 0 saturated carbocycles. The van der Waals surface area contributed by atoms with Gasteiger partial charge in [0.05, 0.1) is 23.1 Å². The number of anilines is 2. The van der Waals surface area contributed by atoms with Crippen LogP contribution in [0, 0.1) is 0 Å². The predicted molar refractivity (Wildman–Crippen MR) is 133 cm³/mol. The lowest BCUT2D eigenvalue weighted by atomic mass is 10.1. The molecular formula is C22H22BrN5O3S2. The molecule has 0 atom stereocenters. The number of hydrogen-bond acceptors (Lipinski definition) is 8. The topological polar surface area (TPSA) is 87.7 Å². The van der Waals surface area contributed by atoms with Gasteiger partial charge in [0.2, 0.25) is 5.91 Å². The van der Waals surface area contributed by atoms with Gasteiger partial charge in [-0.2, -0.15) is 0 Å². The van der Waals surface area contributed by atoms with Crippen LogP contribution >= 0.6 is 39.0 Å². The number of ether oxygens (including phenoxy) is 1. The number of rotatable bonds is 6. The predicted octanol–water partition coefficient (Wildman–Crippen LogP) is 4.51. The monoisotopic (exact) mass is 547 g/mol. The number of halogens is 1. The van der Waals surface area contributed by atoms with Gasteiger partial charge < -0.3 is 19.9 Å². The molecule has 3 aromatic rings. The van der Waals surface area contributed by atoms with E-state index >= 15 is 0 Å². The number of carbonyl (C=O) groups excluding carboxylic acids is 2. The van der Waals surface area contributed by atoms with Gasteiger partial charge in [0.25, 0.3) is 5.91 Å². The molecule has 1 aliphatic heterocycles. The van der Waals surface area contributed by atoms with Crippen LogP contribution in [0.5, 0.6) is 5.75 Å². The minimum Gasteiger partial charge on any atom is -0.496 e. The van der Waals surface area contributed by atoms with E-state index in [4.69, 9.17) is 4.74 Å². The smallest absolute Gasteiger partial charge is 0.257 e. The first-order chi connectivity index (χ1) is 15.9. The second kappa shape index (κ2) is 10.5. The summed E-state index contributed by atoms with van der Waals surface area (Å²) in [6.45, 7) is 3.65. The molecule has 1 saturated heterocycles. The Morgan fingerprint density at radius 1 is 1.15 bits per heavy atom. The van der Waals surface area contributed by atoms with Crippen molar-refractivity contribution in [2.75, 3.05) is 38.6 Å². The van der Waals surface area contributed by atoms with Gasteiger partial charge in [-0.1, -0.05) is 29.2 Å². The highest BCUT2D eigenvalue weighted by atomic mass is 79.9. The maximum absolute atomic E-state index is 13.2. The number of nitrogens with one attached hydrogen (secondary N) is 1. The van der Waals surface area contributed by atoms with Crippen molar-refractivity contribution in [2.45, 2.75) is 16.0 Å². The Bertz CT molecular complexity index is 1160. The highest BCUT2D eigenvalue weighted by Crippen LogP contribution is 2.37. The van der Waals surface area contributed by atoms with E-state index in [2.05, 4.69) is 31.2 Å². The molecular weight excluding hydrogens is 526 g/mol. The number of nitrogens with zero attached hydrogens (tertiary/aromatic N) is 4. The number of hydrogen-bond donors (Lipinski definition) is 1. The van der Waals surface area contributed by atoms with Crippen LogP contribution in [-0.4, -0.2) is 64.9 Å². The fourth-order valence-corrected chi connectivity index (χ4v) is 5.62. The molecule has 0 unspecified atom stereocenters. The molecule has 33 heavy (non-hydrogen) atoms. The molecule has 3 heterocycles. The number of carbonyl (C=O) groups is 2. The molecule has 2 amide bonds. The molecule has 4 rings (SSSR count). The van der Waals surface area contributed by atoms with E-state index in [0.29, 0.717) is 43.3 Å². The minimum atomic E-state index is -0.0927. The van der Waals surface area contributed by atoms with E-state index in [-0.39, 0.29) is 11.8 Å². The van der Waals surface area contributed by atoms with Gasteiger partial charge in [-0.15, -0.1) is 0 Å². The summed E-state index contributed by atoms with van der Waals surface area (Å²) in [5.41, 5.74) is 0.514. The van der Waals surface area contributed by atoms with E-state index in [1.807, 2.05) is 36.4 Å². The molecule has 2 aromatic heterocycles. The van der Waals surface area contributed by atoms with Crippen molar-refractivity contribution < 1.29 is 14.3 Å². The van der Waals surface area contributed by atoms with E-state index in [9.17, 15) is 9.59 Å². The number of pyridine rings is 1.